The molecular weight excluding hydrogens is 378 g/mol. The number of benzene rings is 1. The number of carbonyl (C=O) groups is 2. The zero-order valence-corrected chi connectivity index (χ0v) is 14.5. The first kappa shape index (κ1) is 19.1. The molecule has 0 radical (unpaired) electrons. The van der Waals surface area contributed by atoms with Crippen LogP contribution in [0.5, 0.6) is 0 Å². The molecule has 1 aromatic carbocycles. The summed E-state index contributed by atoms with van der Waals surface area (Å²) in [4.78, 5) is 34.7. The van der Waals surface area contributed by atoms with Gasteiger partial charge in [-0.15, -0.1) is 0 Å². The van der Waals surface area contributed by atoms with Gasteiger partial charge in [0.1, 0.15) is 16.4 Å². The lowest BCUT2D eigenvalue weighted by atomic mass is 10.0. The van der Waals surface area contributed by atoms with Gasteiger partial charge in [0, 0.05) is 12.2 Å². The van der Waals surface area contributed by atoms with Crippen molar-refractivity contribution in [3.05, 3.63) is 49.4 Å². The SMILES string of the molecule is CCOC(=O)C(=CNC1CC1)C(=O)c1cc(F)c(Cl)c([N+](=O)[O-])c1Cl. The fraction of sp³-hybridized carbons (Fsp3) is 0.333. The lowest BCUT2D eigenvalue weighted by molar-refractivity contribution is -0.384. The molecule has 1 aromatic rings. The standard InChI is InChI=1S/C15H13Cl2FN2O5/c1-2-25-15(22)9(6-19-7-3-4-7)14(21)8-5-10(18)12(17)13(11(8)16)20(23)24/h5-7,19H,2-4H2,1H3. The van der Waals surface area contributed by atoms with E-state index in [1.54, 1.807) is 6.92 Å². The summed E-state index contributed by atoms with van der Waals surface area (Å²) in [5.41, 5.74) is -1.93. The number of ketones is 1. The molecule has 0 saturated heterocycles. The highest BCUT2D eigenvalue weighted by molar-refractivity contribution is 6.42. The minimum absolute atomic E-state index is 0.00966. The summed E-state index contributed by atoms with van der Waals surface area (Å²) in [6.07, 6.45) is 2.91. The van der Waals surface area contributed by atoms with E-state index in [4.69, 9.17) is 27.9 Å². The molecule has 1 fully saturated rings. The molecule has 1 aliphatic carbocycles. The van der Waals surface area contributed by atoms with Crippen LogP contribution in [-0.2, 0) is 9.53 Å². The van der Waals surface area contributed by atoms with Crippen LogP contribution in [0.3, 0.4) is 0 Å². The van der Waals surface area contributed by atoms with Crippen molar-refractivity contribution in [2.75, 3.05) is 6.61 Å². The van der Waals surface area contributed by atoms with Crippen LogP contribution < -0.4 is 5.32 Å². The van der Waals surface area contributed by atoms with Gasteiger partial charge in [-0.3, -0.25) is 14.9 Å². The molecular formula is C15H13Cl2FN2O5. The van der Waals surface area contributed by atoms with Gasteiger partial charge in [-0.25, -0.2) is 9.18 Å². The van der Waals surface area contributed by atoms with Crippen molar-refractivity contribution in [2.24, 2.45) is 0 Å². The van der Waals surface area contributed by atoms with Crippen LogP contribution in [0.25, 0.3) is 0 Å². The molecule has 0 unspecified atom stereocenters. The van der Waals surface area contributed by atoms with E-state index in [2.05, 4.69) is 5.32 Å². The van der Waals surface area contributed by atoms with Crippen molar-refractivity contribution in [3.63, 3.8) is 0 Å². The predicted molar refractivity (Wildman–Crippen MR) is 88.3 cm³/mol. The molecule has 10 heteroatoms. The van der Waals surface area contributed by atoms with Crippen LogP contribution in [0.4, 0.5) is 10.1 Å². The van der Waals surface area contributed by atoms with Crippen molar-refractivity contribution in [1.82, 2.24) is 5.32 Å². The molecule has 0 heterocycles. The van der Waals surface area contributed by atoms with Crippen LogP contribution >= 0.6 is 23.2 Å². The van der Waals surface area contributed by atoms with Gasteiger partial charge < -0.3 is 10.1 Å². The largest absolute Gasteiger partial charge is 0.462 e. The number of hydrogen-bond donors (Lipinski definition) is 1. The number of hydrogen-bond acceptors (Lipinski definition) is 6. The number of rotatable bonds is 7. The molecule has 1 aliphatic rings. The number of ether oxygens (including phenoxy) is 1. The maximum atomic E-state index is 13.9. The van der Waals surface area contributed by atoms with Gasteiger partial charge >= 0.3 is 11.7 Å². The highest BCUT2D eigenvalue weighted by Crippen LogP contribution is 2.38. The summed E-state index contributed by atoms with van der Waals surface area (Å²) in [6, 6.07) is 0.786. The second-order valence-electron chi connectivity index (χ2n) is 5.19. The first-order valence-corrected chi connectivity index (χ1v) is 8.03. The summed E-state index contributed by atoms with van der Waals surface area (Å²) < 4.78 is 18.7. The smallest absolute Gasteiger partial charge is 0.343 e. The predicted octanol–water partition coefficient (Wildman–Crippen LogP) is 3.42. The molecule has 0 aliphatic heterocycles. The average Bonchev–Trinajstić information content (AvgIpc) is 3.35. The van der Waals surface area contributed by atoms with E-state index in [0.717, 1.165) is 19.0 Å². The lowest BCUT2D eigenvalue weighted by Crippen LogP contribution is -2.21. The second-order valence-corrected chi connectivity index (χ2v) is 5.94. The molecule has 0 atom stereocenters. The van der Waals surface area contributed by atoms with Crippen molar-refractivity contribution < 1.29 is 23.6 Å². The molecule has 0 bridgehead atoms. The number of carbonyl (C=O) groups excluding carboxylic acids is 2. The molecule has 2 rings (SSSR count). The zero-order chi connectivity index (χ0) is 18.7. The highest BCUT2D eigenvalue weighted by Gasteiger charge is 2.32. The summed E-state index contributed by atoms with van der Waals surface area (Å²) in [5.74, 6) is -3.15. The van der Waals surface area contributed by atoms with Crippen LogP contribution in [0.2, 0.25) is 10.0 Å². The average molecular weight is 391 g/mol. The van der Waals surface area contributed by atoms with E-state index < -0.39 is 49.4 Å². The van der Waals surface area contributed by atoms with Gasteiger partial charge in [0.15, 0.2) is 5.02 Å². The van der Waals surface area contributed by atoms with E-state index in [1.165, 1.54) is 0 Å². The normalized spacial score (nSPS) is 14.2. The quantitative estimate of drug-likeness (QED) is 0.112. The van der Waals surface area contributed by atoms with Crippen molar-refractivity contribution >= 4 is 40.6 Å². The van der Waals surface area contributed by atoms with Crippen molar-refractivity contribution in [1.29, 1.82) is 0 Å². The number of halogens is 3. The van der Waals surface area contributed by atoms with E-state index >= 15 is 0 Å². The molecule has 1 N–H and O–H groups in total. The number of nitrogens with one attached hydrogen (secondary N) is 1. The molecule has 134 valence electrons. The summed E-state index contributed by atoms with van der Waals surface area (Å²) in [7, 11) is 0. The fourth-order valence-corrected chi connectivity index (χ4v) is 2.51. The van der Waals surface area contributed by atoms with Gasteiger partial charge in [0.2, 0.25) is 5.78 Å². The monoisotopic (exact) mass is 390 g/mol. The van der Waals surface area contributed by atoms with Crippen LogP contribution in [0, 0.1) is 15.9 Å². The number of Topliss-reactive ketones (excluding diaryl/α,β-unsaturated/α-hetero) is 1. The summed E-state index contributed by atoms with van der Waals surface area (Å²) >= 11 is 11.4. The lowest BCUT2D eigenvalue weighted by Gasteiger charge is -2.10. The van der Waals surface area contributed by atoms with Crippen molar-refractivity contribution in [3.8, 4) is 0 Å². The first-order valence-electron chi connectivity index (χ1n) is 7.27. The molecule has 25 heavy (non-hydrogen) atoms. The summed E-state index contributed by atoms with van der Waals surface area (Å²) in [5, 5.41) is 12.4. The maximum Gasteiger partial charge on any atom is 0.343 e. The Morgan fingerprint density at radius 3 is 2.60 bits per heavy atom. The Balaban J connectivity index is 2.49. The molecule has 1 saturated carbocycles. The number of nitrogens with zero attached hydrogens (tertiary/aromatic N) is 1. The Labute approximate surface area is 151 Å². The third kappa shape index (κ3) is 4.26. The van der Waals surface area contributed by atoms with Gasteiger partial charge in [-0.05, 0) is 25.8 Å². The third-order valence-corrected chi connectivity index (χ3v) is 4.08. The number of nitro groups is 1. The van der Waals surface area contributed by atoms with Gasteiger partial charge in [0.25, 0.3) is 0 Å². The molecule has 7 nitrogen and oxygen atoms in total. The van der Waals surface area contributed by atoms with Gasteiger partial charge in [-0.1, -0.05) is 23.2 Å². The molecule has 0 amide bonds. The fourth-order valence-electron chi connectivity index (χ4n) is 1.94. The summed E-state index contributed by atoms with van der Waals surface area (Å²) in [6.45, 7) is 1.56. The Morgan fingerprint density at radius 1 is 1.44 bits per heavy atom. The minimum Gasteiger partial charge on any atom is -0.462 e. The Morgan fingerprint density at radius 2 is 2.08 bits per heavy atom. The highest BCUT2D eigenvalue weighted by atomic mass is 35.5. The van der Waals surface area contributed by atoms with E-state index in [0.29, 0.717) is 6.07 Å². The topological polar surface area (TPSA) is 98.5 Å². The van der Waals surface area contributed by atoms with Gasteiger partial charge in [-0.2, -0.15) is 0 Å². The zero-order valence-electron chi connectivity index (χ0n) is 13.0. The number of esters is 1. The third-order valence-electron chi connectivity index (χ3n) is 3.34. The van der Waals surface area contributed by atoms with Gasteiger partial charge in [0.05, 0.1) is 17.1 Å². The maximum absolute atomic E-state index is 13.9. The molecule has 0 aromatic heterocycles. The van der Waals surface area contributed by atoms with E-state index in [-0.39, 0.29) is 12.6 Å². The number of nitro benzene ring substituents is 1. The van der Waals surface area contributed by atoms with Crippen LogP contribution in [0.15, 0.2) is 17.8 Å². The second kappa shape index (κ2) is 7.79. The Hall–Kier alpha value is -2.19. The minimum atomic E-state index is -1.19. The van der Waals surface area contributed by atoms with Crippen LogP contribution in [0.1, 0.15) is 30.1 Å². The van der Waals surface area contributed by atoms with Crippen LogP contribution in [-0.4, -0.2) is 29.3 Å². The Bertz CT molecular complexity index is 778. The Kier molecular flexibility index (Phi) is 5.97. The van der Waals surface area contributed by atoms with E-state index in [9.17, 15) is 24.1 Å². The molecule has 0 spiro atoms. The van der Waals surface area contributed by atoms with Crippen molar-refractivity contribution in [2.45, 2.75) is 25.8 Å². The first-order chi connectivity index (χ1) is 11.8. The van der Waals surface area contributed by atoms with E-state index in [1.807, 2.05) is 0 Å².